The maximum absolute atomic E-state index is 15.1. The second-order valence-electron chi connectivity index (χ2n) is 13.5. The topological polar surface area (TPSA) is 144 Å². The molecule has 20 heteroatoms. The van der Waals surface area contributed by atoms with Gasteiger partial charge in [-0.15, -0.1) is 0 Å². The maximum Gasteiger partial charge on any atom is 0.423 e. The number of nitrogens with zero attached hydrogens (tertiary/aromatic N) is 6. The summed E-state index contributed by atoms with van der Waals surface area (Å²) in [6.07, 6.45) is -7.91. The number of carboxylic acid groups (broad SMARTS) is 1. The minimum Gasteiger partial charge on any atom is -0.465 e. The first-order valence-electron chi connectivity index (χ1n) is 16.0. The highest BCUT2D eigenvalue weighted by atomic mass is 28.3. The molecule has 0 aliphatic carbocycles. The van der Waals surface area contributed by atoms with Gasteiger partial charge in [0.2, 0.25) is 0 Å². The molecule has 5 rings (SSSR count). The van der Waals surface area contributed by atoms with Crippen LogP contribution in [0.3, 0.4) is 0 Å². The second kappa shape index (κ2) is 14.6. The summed E-state index contributed by atoms with van der Waals surface area (Å²) in [5, 5.41) is 16.5. The van der Waals surface area contributed by atoms with Crippen LogP contribution in [-0.4, -0.2) is 73.7 Å². The van der Waals surface area contributed by atoms with E-state index in [1.807, 2.05) is 0 Å². The van der Waals surface area contributed by atoms with E-state index in [1.54, 1.807) is 0 Å². The van der Waals surface area contributed by atoms with Crippen molar-refractivity contribution >= 4 is 30.6 Å². The fourth-order valence-electron chi connectivity index (χ4n) is 5.85. The molecule has 0 saturated carbocycles. The van der Waals surface area contributed by atoms with Crippen LogP contribution in [0.2, 0.25) is 25.7 Å². The third-order valence-corrected chi connectivity index (χ3v) is 10.3. The Balaban J connectivity index is 1.36. The van der Waals surface area contributed by atoms with Gasteiger partial charge in [-0.1, -0.05) is 19.6 Å². The van der Waals surface area contributed by atoms with E-state index in [-0.39, 0.29) is 54.7 Å². The molecule has 12 nitrogen and oxygen atoms in total. The third kappa shape index (κ3) is 8.60. The van der Waals surface area contributed by atoms with Crippen LogP contribution in [0, 0.1) is 5.82 Å². The van der Waals surface area contributed by atoms with Crippen molar-refractivity contribution in [3.8, 4) is 11.4 Å². The Morgan fingerprint density at radius 2 is 1.73 bits per heavy atom. The van der Waals surface area contributed by atoms with Gasteiger partial charge in [0.15, 0.2) is 5.82 Å². The summed E-state index contributed by atoms with van der Waals surface area (Å²) in [6, 6.07) is 2.39. The Morgan fingerprint density at radius 3 is 2.35 bits per heavy atom. The molecule has 0 radical (unpaired) electrons. The van der Waals surface area contributed by atoms with E-state index in [2.05, 4.69) is 40.0 Å². The van der Waals surface area contributed by atoms with Crippen molar-refractivity contribution in [1.29, 1.82) is 0 Å². The van der Waals surface area contributed by atoms with E-state index in [0.29, 0.717) is 17.1 Å². The van der Waals surface area contributed by atoms with Crippen LogP contribution in [0.4, 0.5) is 41.2 Å². The number of benzene rings is 1. The third-order valence-electron chi connectivity index (χ3n) is 8.62. The van der Waals surface area contributed by atoms with Crippen molar-refractivity contribution in [2.45, 2.75) is 76.2 Å². The molecule has 280 valence electrons. The Kier molecular flexibility index (Phi) is 10.8. The number of hydrogen-bond acceptors (Lipinski definition) is 8. The highest BCUT2D eigenvalue weighted by Crippen LogP contribution is 2.34. The van der Waals surface area contributed by atoms with Gasteiger partial charge in [0.1, 0.15) is 18.1 Å². The molecule has 3 aromatic heterocycles. The summed E-state index contributed by atoms with van der Waals surface area (Å²) in [7, 11) is -1.50. The lowest BCUT2D eigenvalue weighted by atomic mass is 10.0. The molecule has 52 heavy (non-hydrogen) atoms. The first kappa shape index (κ1) is 38.4. The molecule has 2 atom stereocenters. The van der Waals surface area contributed by atoms with Crippen molar-refractivity contribution in [3.63, 3.8) is 0 Å². The number of anilines is 1. The number of aryl methyl sites for hydroxylation is 1. The van der Waals surface area contributed by atoms with Crippen molar-refractivity contribution in [2.24, 2.45) is 0 Å². The molecular formula is C32H34F7N7O5Si. The lowest BCUT2D eigenvalue weighted by Gasteiger charge is -2.28. The smallest absolute Gasteiger partial charge is 0.423 e. The molecule has 0 unspecified atom stereocenters. The molecular weight excluding hydrogens is 723 g/mol. The largest absolute Gasteiger partial charge is 0.465 e. The summed E-state index contributed by atoms with van der Waals surface area (Å²) < 4.78 is 104. The number of halogens is 7. The van der Waals surface area contributed by atoms with Gasteiger partial charge in [0, 0.05) is 52.4 Å². The van der Waals surface area contributed by atoms with Crippen LogP contribution < -0.4 is 16.4 Å². The Morgan fingerprint density at radius 1 is 1.04 bits per heavy atom. The number of alkyl halides is 6. The average Bonchev–Trinajstić information content (AvgIpc) is 3.44. The zero-order chi connectivity index (χ0) is 38.2. The number of fused-ring (bicyclic) bond motifs is 1. The quantitative estimate of drug-likeness (QED) is 0.105. The summed E-state index contributed by atoms with van der Waals surface area (Å²) in [4.78, 5) is 46.6. The van der Waals surface area contributed by atoms with Crippen LogP contribution in [-0.2, 0) is 30.4 Å². The Bertz CT molecular complexity index is 2070. The fourth-order valence-corrected chi connectivity index (χ4v) is 6.60. The first-order chi connectivity index (χ1) is 24.2. The van der Waals surface area contributed by atoms with Crippen LogP contribution in [0.1, 0.15) is 24.0 Å². The minimum absolute atomic E-state index is 0.0545. The molecule has 0 bridgehead atoms. The molecule has 1 amide bonds. The monoisotopic (exact) mass is 757 g/mol. The molecule has 1 aromatic carbocycles. The van der Waals surface area contributed by atoms with Crippen LogP contribution in [0.25, 0.3) is 22.2 Å². The number of rotatable bonds is 11. The molecule has 4 aromatic rings. The van der Waals surface area contributed by atoms with E-state index in [9.17, 15) is 45.8 Å². The van der Waals surface area contributed by atoms with Gasteiger partial charge in [-0.2, -0.15) is 31.4 Å². The van der Waals surface area contributed by atoms with Gasteiger partial charge in [0.25, 0.3) is 11.1 Å². The Labute approximate surface area is 291 Å². The molecule has 1 aliphatic heterocycles. The highest BCUT2D eigenvalue weighted by Gasteiger charge is 2.42. The molecule has 4 heterocycles. The number of amides is 1. The maximum atomic E-state index is 15.1. The Hall–Kier alpha value is -4.85. The zero-order valence-corrected chi connectivity index (χ0v) is 29.1. The highest BCUT2D eigenvalue weighted by molar-refractivity contribution is 6.76. The van der Waals surface area contributed by atoms with Gasteiger partial charge in [-0.05, 0) is 42.5 Å². The van der Waals surface area contributed by atoms with Gasteiger partial charge in [0.05, 0.1) is 34.4 Å². The SMILES string of the molecule is C[Si](C)(C)CCOCn1ncc(N[C@H]2CCN(C(=O)O)[C@@H]2CCn2ccc3cc(-c4ncc(C(F)(F)F)cn4)c(F)cc3c2=O)c(C(F)(F)F)c1=O. The number of carbonyl (C=O) groups is 1. The van der Waals surface area contributed by atoms with Crippen LogP contribution in [0.15, 0.2) is 52.6 Å². The summed E-state index contributed by atoms with van der Waals surface area (Å²) in [5.41, 5.74) is -5.63. The molecule has 0 spiro atoms. The zero-order valence-electron chi connectivity index (χ0n) is 28.1. The minimum atomic E-state index is -5.09. The number of ether oxygens (including phenoxy) is 1. The van der Waals surface area contributed by atoms with Crippen LogP contribution >= 0.6 is 0 Å². The number of nitrogens with one attached hydrogen (secondary N) is 1. The lowest BCUT2D eigenvalue weighted by Crippen LogP contribution is -2.43. The molecule has 1 saturated heterocycles. The predicted octanol–water partition coefficient (Wildman–Crippen LogP) is 6.13. The molecule has 1 fully saturated rings. The number of aromatic nitrogens is 5. The normalized spacial score (nSPS) is 16.8. The fraction of sp³-hybridized carbons (Fsp3) is 0.438. The number of likely N-dealkylation sites (tertiary alicyclic amines) is 1. The van der Waals surface area contributed by atoms with E-state index < -0.39 is 79.1 Å². The molecule has 1 aliphatic rings. The van der Waals surface area contributed by atoms with Crippen molar-refractivity contribution in [2.75, 3.05) is 18.5 Å². The first-order valence-corrected chi connectivity index (χ1v) is 19.7. The molecule has 2 N–H and O–H groups in total. The van der Waals surface area contributed by atoms with E-state index in [4.69, 9.17) is 4.74 Å². The average molecular weight is 758 g/mol. The summed E-state index contributed by atoms with van der Waals surface area (Å²) in [5.74, 6) is -1.31. The van der Waals surface area contributed by atoms with Gasteiger partial charge < -0.3 is 24.6 Å². The van der Waals surface area contributed by atoms with Gasteiger partial charge in [-0.25, -0.2) is 23.8 Å². The summed E-state index contributed by atoms with van der Waals surface area (Å²) >= 11 is 0. The van der Waals surface area contributed by atoms with E-state index in [1.165, 1.54) is 22.9 Å². The van der Waals surface area contributed by atoms with Crippen molar-refractivity contribution < 1.29 is 45.4 Å². The van der Waals surface area contributed by atoms with Crippen molar-refractivity contribution in [3.05, 3.63) is 80.6 Å². The second-order valence-corrected chi connectivity index (χ2v) is 19.1. The van der Waals surface area contributed by atoms with E-state index >= 15 is 4.39 Å². The number of pyridine rings is 1. The summed E-state index contributed by atoms with van der Waals surface area (Å²) in [6.45, 7) is 5.85. The van der Waals surface area contributed by atoms with Crippen LogP contribution in [0.5, 0.6) is 0 Å². The van der Waals surface area contributed by atoms with Gasteiger partial charge in [-0.3, -0.25) is 9.59 Å². The van der Waals surface area contributed by atoms with E-state index in [0.717, 1.165) is 23.2 Å². The van der Waals surface area contributed by atoms with Crippen molar-refractivity contribution in [1.82, 2.24) is 29.2 Å². The van der Waals surface area contributed by atoms with Gasteiger partial charge >= 0.3 is 18.4 Å². The predicted molar refractivity (Wildman–Crippen MR) is 177 cm³/mol. The standard InChI is InChI=1S/C32H34F7N7O5Si/c1-52(2,3)11-10-51-17-46-29(48)26(32(37,38)39)24(16-42-46)43-23-5-9-45(30(49)50)25(23)6-8-44-7-4-18-12-21(22(33)13-20(18)28(44)47)27-40-14-19(15-41-27)31(34,35)36/h4,7,12-16,23,25,43H,5-6,8-11,17H2,1-3H3,(H,49,50)/t23-,25+/m0/s1. The number of hydrogen-bond donors (Lipinski definition) is 2. The lowest BCUT2D eigenvalue weighted by molar-refractivity contribution is -0.139.